The van der Waals surface area contributed by atoms with Crippen LogP contribution in [0.3, 0.4) is 0 Å². The highest BCUT2D eigenvalue weighted by molar-refractivity contribution is 5.69. The Kier molecular flexibility index (Phi) is 16.7. The van der Waals surface area contributed by atoms with Crippen molar-refractivity contribution in [2.75, 3.05) is 13.2 Å². The lowest BCUT2D eigenvalue weighted by atomic mass is 9.86. The monoisotopic (exact) mass is 370 g/mol. The minimum absolute atomic E-state index is 0.0463. The lowest BCUT2D eigenvalue weighted by Gasteiger charge is -2.20. The Labute approximate surface area is 161 Å². The zero-order valence-corrected chi connectivity index (χ0v) is 17.7. The summed E-state index contributed by atoms with van der Waals surface area (Å²) in [6.45, 7) is 9.62. The van der Waals surface area contributed by atoms with Crippen molar-refractivity contribution in [3.05, 3.63) is 0 Å². The molecule has 0 rings (SSSR count). The number of hydrogen-bond acceptors (Lipinski definition) is 4. The molecule has 0 aliphatic carbocycles. The van der Waals surface area contributed by atoms with Gasteiger partial charge in [0.15, 0.2) is 0 Å². The van der Waals surface area contributed by atoms with E-state index in [1.54, 1.807) is 0 Å². The SMILES string of the molecule is CCCOC(=O)CCCCCCCCC(CCC(=O)OCCC)C(C)C. The topological polar surface area (TPSA) is 52.6 Å². The molecule has 1 unspecified atom stereocenters. The summed E-state index contributed by atoms with van der Waals surface area (Å²) in [6.07, 6.45) is 12.0. The van der Waals surface area contributed by atoms with E-state index >= 15 is 0 Å². The van der Waals surface area contributed by atoms with Gasteiger partial charge in [0.2, 0.25) is 0 Å². The van der Waals surface area contributed by atoms with Gasteiger partial charge in [-0.25, -0.2) is 0 Å². The highest BCUT2D eigenvalue weighted by Gasteiger charge is 2.15. The van der Waals surface area contributed by atoms with Crippen molar-refractivity contribution in [2.24, 2.45) is 11.8 Å². The Bertz CT molecular complexity index is 352. The van der Waals surface area contributed by atoms with Gasteiger partial charge in [-0.2, -0.15) is 0 Å². The largest absolute Gasteiger partial charge is 0.466 e. The van der Waals surface area contributed by atoms with E-state index in [0.29, 0.717) is 37.9 Å². The van der Waals surface area contributed by atoms with Crippen LogP contribution in [0.2, 0.25) is 0 Å². The second-order valence-electron chi connectivity index (χ2n) is 7.64. The summed E-state index contributed by atoms with van der Waals surface area (Å²) in [7, 11) is 0. The number of esters is 2. The fraction of sp³-hybridized carbons (Fsp3) is 0.909. The van der Waals surface area contributed by atoms with Crippen LogP contribution in [-0.4, -0.2) is 25.2 Å². The summed E-state index contributed by atoms with van der Waals surface area (Å²) in [4.78, 5) is 23.0. The Balaban J connectivity index is 3.65. The predicted molar refractivity (Wildman–Crippen MR) is 107 cm³/mol. The molecule has 0 amide bonds. The zero-order chi connectivity index (χ0) is 19.6. The lowest BCUT2D eigenvalue weighted by Crippen LogP contribution is -2.13. The van der Waals surface area contributed by atoms with Crippen LogP contribution >= 0.6 is 0 Å². The third-order valence-corrected chi connectivity index (χ3v) is 4.80. The molecule has 0 bridgehead atoms. The molecule has 0 radical (unpaired) electrons. The van der Waals surface area contributed by atoms with E-state index in [1.165, 1.54) is 32.1 Å². The number of rotatable bonds is 17. The quantitative estimate of drug-likeness (QED) is 0.230. The van der Waals surface area contributed by atoms with E-state index in [4.69, 9.17) is 9.47 Å². The maximum Gasteiger partial charge on any atom is 0.305 e. The van der Waals surface area contributed by atoms with Crippen LogP contribution in [0.25, 0.3) is 0 Å². The third-order valence-electron chi connectivity index (χ3n) is 4.80. The van der Waals surface area contributed by atoms with Gasteiger partial charge >= 0.3 is 11.9 Å². The molecule has 0 aliphatic rings. The lowest BCUT2D eigenvalue weighted by molar-refractivity contribution is -0.144. The van der Waals surface area contributed by atoms with Crippen LogP contribution in [0.1, 0.15) is 105 Å². The van der Waals surface area contributed by atoms with Crippen molar-refractivity contribution < 1.29 is 19.1 Å². The molecule has 0 N–H and O–H groups in total. The summed E-state index contributed by atoms with van der Waals surface area (Å²) in [6, 6.07) is 0. The first-order chi connectivity index (χ1) is 12.5. The highest BCUT2D eigenvalue weighted by atomic mass is 16.5. The smallest absolute Gasteiger partial charge is 0.305 e. The minimum atomic E-state index is -0.0518. The molecule has 26 heavy (non-hydrogen) atoms. The number of ether oxygens (including phenoxy) is 2. The van der Waals surface area contributed by atoms with Crippen molar-refractivity contribution in [3.8, 4) is 0 Å². The van der Waals surface area contributed by atoms with Gasteiger partial charge in [-0.3, -0.25) is 9.59 Å². The molecule has 0 aromatic rings. The van der Waals surface area contributed by atoms with Gasteiger partial charge in [0.25, 0.3) is 0 Å². The number of carbonyl (C=O) groups is 2. The Morgan fingerprint density at radius 1 is 0.692 bits per heavy atom. The van der Waals surface area contributed by atoms with Gasteiger partial charge in [0.1, 0.15) is 0 Å². The fourth-order valence-corrected chi connectivity index (χ4v) is 3.07. The van der Waals surface area contributed by atoms with E-state index in [9.17, 15) is 9.59 Å². The molecule has 0 aliphatic heterocycles. The van der Waals surface area contributed by atoms with Crippen LogP contribution in [0, 0.1) is 11.8 Å². The average molecular weight is 371 g/mol. The van der Waals surface area contributed by atoms with E-state index in [-0.39, 0.29) is 11.9 Å². The van der Waals surface area contributed by atoms with Gasteiger partial charge < -0.3 is 9.47 Å². The second-order valence-corrected chi connectivity index (χ2v) is 7.64. The van der Waals surface area contributed by atoms with Gasteiger partial charge in [-0.15, -0.1) is 0 Å². The Hall–Kier alpha value is -1.06. The predicted octanol–water partition coefficient (Wildman–Crippen LogP) is 6.07. The van der Waals surface area contributed by atoms with Gasteiger partial charge in [-0.05, 0) is 37.5 Å². The molecule has 0 aromatic carbocycles. The Morgan fingerprint density at radius 3 is 1.73 bits per heavy atom. The third kappa shape index (κ3) is 15.2. The summed E-state index contributed by atoms with van der Waals surface area (Å²) in [5.74, 6) is 1.12. The molecule has 154 valence electrons. The van der Waals surface area contributed by atoms with Gasteiger partial charge in [-0.1, -0.05) is 66.2 Å². The van der Waals surface area contributed by atoms with Gasteiger partial charge in [0.05, 0.1) is 13.2 Å². The standard InChI is InChI=1S/C22H42O4/c1-5-17-25-21(23)14-12-10-8-7-9-11-13-20(19(3)4)15-16-22(24)26-18-6-2/h19-20H,5-18H2,1-4H3. The van der Waals surface area contributed by atoms with Crippen molar-refractivity contribution in [3.63, 3.8) is 0 Å². The van der Waals surface area contributed by atoms with Crippen LogP contribution in [0.15, 0.2) is 0 Å². The maximum atomic E-state index is 11.7. The highest BCUT2D eigenvalue weighted by Crippen LogP contribution is 2.24. The summed E-state index contributed by atoms with van der Waals surface area (Å²) >= 11 is 0. The first-order valence-corrected chi connectivity index (χ1v) is 10.8. The summed E-state index contributed by atoms with van der Waals surface area (Å²) in [5, 5.41) is 0. The van der Waals surface area contributed by atoms with Gasteiger partial charge in [0, 0.05) is 12.8 Å². The van der Waals surface area contributed by atoms with Crippen molar-refractivity contribution in [1.82, 2.24) is 0 Å². The molecule has 0 spiro atoms. The Morgan fingerprint density at radius 2 is 1.19 bits per heavy atom. The summed E-state index contributed by atoms with van der Waals surface area (Å²) < 4.78 is 10.2. The van der Waals surface area contributed by atoms with Crippen molar-refractivity contribution >= 4 is 11.9 Å². The van der Waals surface area contributed by atoms with Crippen molar-refractivity contribution in [2.45, 2.75) is 105 Å². The molecule has 0 aromatic heterocycles. The van der Waals surface area contributed by atoms with Crippen LogP contribution in [0.5, 0.6) is 0 Å². The molecular formula is C22H42O4. The van der Waals surface area contributed by atoms with Crippen LogP contribution in [-0.2, 0) is 19.1 Å². The molecule has 1 atom stereocenters. The van der Waals surface area contributed by atoms with E-state index in [2.05, 4.69) is 13.8 Å². The second kappa shape index (κ2) is 17.4. The first kappa shape index (κ1) is 24.9. The fourth-order valence-electron chi connectivity index (χ4n) is 3.07. The van der Waals surface area contributed by atoms with E-state index in [0.717, 1.165) is 32.1 Å². The molecule has 4 nitrogen and oxygen atoms in total. The van der Waals surface area contributed by atoms with Crippen LogP contribution in [0.4, 0.5) is 0 Å². The van der Waals surface area contributed by atoms with E-state index in [1.807, 2.05) is 13.8 Å². The van der Waals surface area contributed by atoms with Crippen molar-refractivity contribution in [1.29, 1.82) is 0 Å². The number of unbranched alkanes of at least 4 members (excludes halogenated alkanes) is 5. The van der Waals surface area contributed by atoms with E-state index < -0.39 is 0 Å². The molecule has 0 heterocycles. The molecular weight excluding hydrogens is 328 g/mol. The average Bonchev–Trinajstić information content (AvgIpc) is 2.62. The normalized spacial score (nSPS) is 12.2. The zero-order valence-electron chi connectivity index (χ0n) is 17.7. The molecule has 0 saturated carbocycles. The number of hydrogen-bond donors (Lipinski definition) is 0. The number of carbonyl (C=O) groups excluding carboxylic acids is 2. The minimum Gasteiger partial charge on any atom is -0.466 e. The molecule has 0 saturated heterocycles. The molecule has 0 fully saturated rings. The molecule has 4 heteroatoms. The van der Waals surface area contributed by atoms with Crippen LogP contribution < -0.4 is 0 Å². The maximum absolute atomic E-state index is 11.7. The first-order valence-electron chi connectivity index (χ1n) is 10.8. The summed E-state index contributed by atoms with van der Waals surface area (Å²) in [5.41, 5.74) is 0.